The third-order valence-electron chi connectivity index (χ3n) is 4.98. The predicted octanol–water partition coefficient (Wildman–Crippen LogP) is 5.59. The highest BCUT2D eigenvalue weighted by Crippen LogP contribution is 2.42. The summed E-state index contributed by atoms with van der Waals surface area (Å²) in [7, 11) is 0. The lowest BCUT2D eigenvalue weighted by Gasteiger charge is -2.40. The van der Waals surface area contributed by atoms with E-state index in [0.717, 1.165) is 5.75 Å². The minimum Gasteiger partial charge on any atom is -0.474 e. The predicted molar refractivity (Wildman–Crippen MR) is 104 cm³/mol. The van der Waals surface area contributed by atoms with Crippen LogP contribution >= 0.6 is 0 Å². The molecule has 3 aromatic carbocycles. The fourth-order valence-electron chi connectivity index (χ4n) is 3.52. The molecule has 0 bridgehead atoms. The molecule has 1 aliphatic heterocycles. The average molecular weight is 331 g/mol. The van der Waals surface area contributed by atoms with Crippen molar-refractivity contribution in [2.45, 2.75) is 40.0 Å². The van der Waals surface area contributed by atoms with Crippen molar-refractivity contribution in [2.75, 3.05) is 0 Å². The molecule has 4 rings (SSSR count). The first-order valence-corrected chi connectivity index (χ1v) is 8.94. The molecular formula is C23H25NO. The molecule has 0 fully saturated rings. The lowest BCUT2D eigenvalue weighted by Crippen LogP contribution is -2.49. The topological polar surface area (TPSA) is 21.3 Å². The van der Waals surface area contributed by atoms with Gasteiger partial charge in [0.05, 0.1) is 6.04 Å². The molecule has 0 amide bonds. The molecule has 3 aromatic rings. The van der Waals surface area contributed by atoms with Crippen molar-refractivity contribution in [2.24, 2.45) is 5.41 Å². The first-order chi connectivity index (χ1) is 11.9. The molecule has 1 N–H and O–H groups in total. The summed E-state index contributed by atoms with van der Waals surface area (Å²) in [5.74, 6) is 0.989. The summed E-state index contributed by atoms with van der Waals surface area (Å²) >= 11 is 0. The van der Waals surface area contributed by atoms with Gasteiger partial charge in [-0.3, -0.25) is 5.32 Å². The Hall–Kier alpha value is -2.32. The van der Waals surface area contributed by atoms with Crippen molar-refractivity contribution in [1.29, 1.82) is 0 Å². The van der Waals surface area contributed by atoms with Crippen LogP contribution < -0.4 is 10.1 Å². The Labute approximate surface area is 149 Å². The summed E-state index contributed by atoms with van der Waals surface area (Å²) in [6.07, 6.45) is -0.0348. The first-order valence-electron chi connectivity index (χ1n) is 8.94. The molecule has 1 aliphatic rings. The van der Waals surface area contributed by atoms with Gasteiger partial charge in [-0.15, -0.1) is 0 Å². The molecular weight excluding hydrogens is 306 g/mol. The summed E-state index contributed by atoms with van der Waals surface area (Å²) in [6.45, 7) is 8.76. The van der Waals surface area contributed by atoms with Gasteiger partial charge in [0, 0.05) is 11.0 Å². The SMILES string of the molecule is Cc1ccc([C@@H]2N[C@@H](C(C)(C)C)Oc3ccc4ccccc4c32)cc1. The maximum absolute atomic E-state index is 6.37. The van der Waals surface area contributed by atoms with Gasteiger partial charge in [0.15, 0.2) is 6.23 Å². The number of hydrogen-bond donors (Lipinski definition) is 1. The Morgan fingerprint density at radius 2 is 1.60 bits per heavy atom. The standard InChI is InChI=1S/C23H25NO/c1-15-9-11-17(12-10-15)21-20-18-8-6-5-7-16(18)13-14-19(20)25-22(24-21)23(2,3)4/h5-14,21-22,24H,1-4H3/t21-,22+/m0/s1. The van der Waals surface area contributed by atoms with E-state index in [1.54, 1.807) is 0 Å². The van der Waals surface area contributed by atoms with Crippen molar-refractivity contribution in [3.05, 3.63) is 77.4 Å². The molecule has 2 heteroatoms. The van der Waals surface area contributed by atoms with Crippen LogP contribution in [0.3, 0.4) is 0 Å². The van der Waals surface area contributed by atoms with E-state index in [9.17, 15) is 0 Å². The lowest BCUT2D eigenvalue weighted by atomic mass is 9.87. The second-order valence-electron chi connectivity index (χ2n) is 8.07. The van der Waals surface area contributed by atoms with E-state index in [1.807, 2.05) is 0 Å². The summed E-state index contributed by atoms with van der Waals surface area (Å²) in [6, 6.07) is 21.8. The van der Waals surface area contributed by atoms with Crippen molar-refractivity contribution < 1.29 is 4.74 Å². The average Bonchev–Trinajstić information content (AvgIpc) is 2.60. The van der Waals surface area contributed by atoms with Gasteiger partial charge >= 0.3 is 0 Å². The van der Waals surface area contributed by atoms with E-state index in [1.165, 1.54) is 27.5 Å². The summed E-state index contributed by atoms with van der Waals surface area (Å²) < 4.78 is 6.37. The highest BCUT2D eigenvalue weighted by Gasteiger charge is 2.36. The van der Waals surface area contributed by atoms with Crippen LogP contribution in [-0.2, 0) is 0 Å². The van der Waals surface area contributed by atoms with Crippen LogP contribution in [0, 0.1) is 12.3 Å². The number of aryl methyl sites for hydroxylation is 1. The largest absolute Gasteiger partial charge is 0.474 e. The van der Waals surface area contributed by atoms with E-state index < -0.39 is 0 Å². The van der Waals surface area contributed by atoms with Crippen LogP contribution in [0.4, 0.5) is 0 Å². The van der Waals surface area contributed by atoms with E-state index in [0.29, 0.717) is 0 Å². The Morgan fingerprint density at radius 3 is 2.32 bits per heavy atom. The number of hydrogen-bond acceptors (Lipinski definition) is 2. The monoisotopic (exact) mass is 331 g/mol. The number of rotatable bonds is 1. The molecule has 0 saturated carbocycles. The molecule has 128 valence electrons. The Kier molecular flexibility index (Phi) is 3.81. The van der Waals surface area contributed by atoms with Gasteiger partial charge in [-0.1, -0.05) is 80.9 Å². The van der Waals surface area contributed by atoms with Crippen molar-refractivity contribution in [3.8, 4) is 5.75 Å². The summed E-state index contributed by atoms with van der Waals surface area (Å²) in [5.41, 5.74) is 3.80. The van der Waals surface area contributed by atoms with Crippen LogP contribution in [0.25, 0.3) is 10.8 Å². The van der Waals surface area contributed by atoms with Crippen LogP contribution in [0.2, 0.25) is 0 Å². The molecule has 0 saturated heterocycles. The zero-order valence-corrected chi connectivity index (χ0v) is 15.3. The fraction of sp³-hybridized carbons (Fsp3) is 0.304. The highest BCUT2D eigenvalue weighted by atomic mass is 16.5. The molecule has 2 nitrogen and oxygen atoms in total. The van der Waals surface area contributed by atoms with Gasteiger partial charge < -0.3 is 4.74 Å². The van der Waals surface area contributed by atoms with E-state index in [-0.39, 0.29) is 17.7 Å². The zero-order chi connectivity index (χ0) is 17.6. The fourth-order valence-corrected chi connectivity index (χ4v) is 3.52. The van der Waals surface area contributed by atoms with Gasteiger partial charge in [0.1, 0.15) is 5.75 Å². The number of benzene rings is 3. The maximum atomic E-state index is 6.37. The Bertz CT molecular complexity index is 906. The van der Waals surface area contributed by atoms with Gasteiger partial charge in [-0.25, -0.2) is 0 Å². The van der Waals surface area contributed by atoms with Gasteiger partial charge in [0.2, 0.25) is 0 Å². The maximum Gasteiger partial charge on any atom is 0.155 e. The summed E-state index contributed by atoms with van der Waals surface area (Å²) in [5, 5.41) is 6.26. The Morgan fingerprint density at radius 1 is 0.880 bits per heavy atom. The van der Waals surface area contributed by atoms with Gasteiger partial charge in [0.25, 0.3) is 0 Å². The van der Waals surface area contributed by atoms with Gasteiger partial charge in [-0.05, 0) is 29.3 Å². The van der Waals surface area contributed by atoms with Crippen LogP contribution in [0.15, 0.2) is 60.7 Å². The molecule has 2 atom stereocenters. The molecule has 1 heterocycles. The first kappa shape index (κ1) is 16.2. The third kappa shape index (κ3) is 2.91. The van der Waals surface area contributed by atoms with Crippen LogP contribution in [0.5, 0.6) is 5.75 Å². The molecule has 0 unspecified atom stereocenters. The number of fused-ring (bicyclic) bond motifs is 3. The summed E-state index contributed by atoms with van der Waals surface area (Å²) in [4.78, 5) is 0. The van der Waals surface area contributed by atoms with Crippen molar-refractivity contribution in [3.63, 3.8) is 0 Å². The van der Waals surface area contributed by atoms with E-state index in [4.69, 9.17) is 4.74 Å². The molecule has 0 aromatic heterocycles. The van der Waals surface area contributed by atoms with Crippen LogP contribution in [-0.4, -0.2) is 6.23 Å². The van der Waals surface area contributed by atoms with E-state index in [2.05, 4.69) is 93.7 Å². The minimum atomic E-state index is -0.0348. The normalized spacial score (nSPS) is 20.2. The van der Waals surface area contributed by atoms with Crippen molar-refractivity contribution >= 4 is 10.8 Å². The lowest BCUT2D eigenvalue weighted by molar-refractivity contribution is 0.0350. The smallest absolute Gasteiger partial charge is 0.155 e. The second kappa shape index (κ2) is 5.89. The second-order valence-corrected chi connectivity index (χ2v) is 8.07. The van der Waals surface area contributed by atoms with Crippen LogP contribution in [0.1, 0.15) is 43.5 Å². The highest BCUT2D eigenvalue weighted by molar-refractivity contribution is 5.89. The number of nitrogens with one attached hydrogen (secondary N) is 1. The van der Waals surface area contributed by atoms with Crippen molar-refractivity contribution in [1.82, 2.24) is 5.32 Å². The van der Waals surface area contributed by atoms with Gasteiger partial charge in [-0.2, -0.15) is 0 Å². The molecule has 0 radical (unpaired) electrons. The minimum absolute atomic E-state index is 0.00623. The molecule has 0 aliphatic carbocycles. The third-order valence-corrected chi connectivity index (χ3v) is 4.98. The zero-order valence-electron chi connectivity index (χ0n) is 15.3. The molecule has 0 spiro atoms. The van der Waals surface area contributed by atoms with E-state index >= 15 is 0 Å². The molecule has 25 heavy (non-hydrogen) atoms. The Balaban J connectivity index is 1.92. The number of ether oxygens (including phenoxy) is 1. The quantitative estimate of drug-likeness (QED) is 0.627.